The third kappa shape index (κ3) is 11.0. The van der Waals surface area contributed by atoms with Gasteiger partial charge in [-0.3, -0.25) is 19.2 Å². The van der Waals surface area contributed by atoms with Gasteiger partial charge in [-0.05, 0) is 136 Å². The zero-order valence-corrected chi connectivity index (χ0v) is 37.5. The average molecular weight is 895 g/mol. The number of anilines is 1. The van der Waals surface area contributed by atoms with Crippen molar-refractivity contribution in [2.24, 2.45) is 19.2 Å². The second-order valence-electron chi connectivity index (χ2n) is 16.3. The van der Waals surface area contributed by atoms with E-state index in [-0.39, 0.29) is 23.3 Å². The van der Waals surface area contributed by atoms with Crippen molar-refractivity contribution in [2.45, 2.75) is 100 Å². The van der Waals surface area contributed by atoms with Crippen LogP contribution in [0.15, 0.2) is 34.3 Å². The lowest BCUT2D eigenvalue weighted by Crippen LogP contribution is -2.35. The Morgan fingerprint density at radius 3 is 1.58 bits per heavy atom. The van der Waals surface area contributed by atoms with Gasteiger partial charge in [0.15, 0.2) is 10.1 Å². The topological polar surface area (TPSA) is 251 Å². The van der Waals surface area contributed by atoms with Gasteiger partial charge in [-0.25, -0.2) is 23.1 Å². The van der Waals surface area contributed by atoms with Gasteiger partial charge in [0.1, 0.15) is 5.75 Å². The highest BCUT2D eigenvalue weighted by atomic mass is 32.2. The van der Waals surface area contributed by atoms with Crippen molar-refractivity contribution in [1.29, 1.82) is 5.26 Å². The number of amides is 2. The Hall–Kier alpha value is -4.88. The first kappa shape index (κ1) is 46.6. The molecule has 0 saturated carbocycles. The zero-order valence-electron chi connectivity index (χ0n) is 35.9. The third-order valence-corrected chi connectivity index (χ3v) is 13.8. The maximum Gasteiger partial charge on any atom is 0.333 e. The standard InChI is InChI=1S/C21H29N5O4S.C13H13NO.C8H16N4O3S/c1-25(9-10-27)13-16-12-19(23-26(16)2)31(29,30)24-21(28)22-20-17-7-3-5-14(17)11-15-6-4-8-18(15)20;14-8-15-13-11-5-1-3-9(11)7-10-4-2-6-12(10)13;1-11(3-4-13)6-7-5-8(10-12(7)2)16(9,14)15/h11-12,27H,3-10,13H2,1-2H3,(H2,22,24,28);7H,1-6H2;5,13H,3-4,6H2,1-2H3,(H2,9,14,15). The molecule has 20 heteroatoms. The molecule has 8 rings (SSSR count). The molecule has 18 nitrogen and oxygen atoms in total. The monoisotopic (exact) mass is 894 g/mol. The average Bonchev–Trinajstić information content (AvgIpc) is 4.06. The van der Waals surface area contributed by atoms with E-state index in [0.29, 0.717) is 31.9 Å². The van der Waals surface area contributed by atoms with Crippen molar-refractivity contribution >= 4 is 31.8 Å². The highest BCUT2D eigenvalue weighted by Crippen LogP contribution is 2.40. The molecule has 336 valence electrons. The molecule has 2 amide bonds. The number of aromatic nitrogens is 4. The summed E-state index contributed by atoms with van der Waals surface area (Å²) in [4.78, 5) is 16.4. The van der Waals surface area contributed by atoms with Gasteiger partial charge in [0.05, 0.1) is 24.6 Å². The molecule has 6 N–H and O–H groups in total. The van der Waals surface area contributed by atoms with Crippen LogP contribution in [0.3, 0.4) is 0 Å². The van der Waals surface area contributed by atoms with Crippen molar-refractivity contribution in [3.05, 3.63) is 80.2 Å². The normalized spacial score (nSPS) is 14.9. The Labute approximate surface area is 363 Å². The van der Waals surface area contributed by atoms with Crippen molar-refractivity contribution in [1.82, 2.24) is 34.1 Å². The number of urea groups is 1. The van der Waals surface area contributed by atoms with Crippen LogP contribution in [0.2, 0.25) is 0 Å². The number of primary sulfonamides is 1. The number of benzene rings is 2. The maximum absolute atomic E-state index is 12.8. The summed E-state index contributed by atoms with van der Waals surface area (Å²) in [5, 5.41) is 41.8. The molecule has 0 aliphatic heterocycles. The fraction of sp³-hybridized carbons (Fsp3) is 0.524. The van der Waals surface area contributed by atoms with E-state index in [9.17, 15) is 21.6 Å². The number of nitrogens with zero attached hydrogens (tertiary/aromatic N) is 7. The molecule has 2 heterocycles. The minimum atomic E-state index is -4.12. The molecule has 0 fully saturated rings. The summed E-state index contributed by atoms with van der Waals surface area (Å²) >= 11 is 0. The molecular formula is C42H58N10O8S2. The van der Waals surface area contributed by atoms with Gasteiger partial charge in [0.25, 0.3) is 26.3 Å². The highest BCUT2D eigenvalue weighted by Gasteiger charge is 2.28. The first-order valence-electron chi connectivity index (χ1n) is 20.9. The van der Waals surface area contributed by atoms with Gasteiger partial charge in [-0.15, -0.1) is 5.26 Å². The van der Waals surface area contributed by atoms with Crippen LogP contribution in [0.1, 0.15) is 81.6 Å². The Balaban J connectivity index is 0.000000173. The van der Waals surface area contributed by atoms with Gasteiger partial charge >= 0.3 is 6.03 Å². The van der Waals surface area contributed by atoms with Gasteiger partial charge in [0.2, 0.25) is 0 Å². The summed E-state index contributed by atoms with van der Waals surface area (Å²) in [6.45, 7) is 1.95. The van der Waals surface area contributed by atoms with Crippen LogP contribution >= 0.6 is 0 Å². The first-order valence-corrected chi connectivity index (χ1v) is 24.0. The van der Waals surface area contributed by atoms with Crippen LogP contribution < -0.4 is 19.9 Å². The summed E-state index contributed by atoms with van der Waals surface area (Å²) in [6.07, 6.45) is 14.6. The van der Waals surface area contributed by atoms with Gasteiger partial charge in [-0.2, -0.15) is 18.6 Å². The second-order valence-corrected chi connectivity index (χ2v) is 19.5. The van der Waals surface area contributed by atoms with Crippen LogP contribution in [-0.4, -0.2) is 103 Å². The van der Waals surface area contributed by atoms with Crippen molar-refractivity contribution in [3.8, 4) is 12.0 Å². The van der Waals surface area contributed by atoms with Gasteiger partial charge in [-0.1, -0.05) is 12.1 Å². The molecule has 4 aliphatic carbocycles. The number of hydrogen-bond acceptors (Lipinski definition) is 13. The van der Waals surface area contributed by atoms with Crippen molar-refractivity contribution in [3.63, 3.8) is 0 Å². The number of rotatable bonds is 13. The molecule has 0 radical (unpaired) electrons. The van der Waals surface area contributed by atoms with Crippen LogP contribution in [0.4, 0.5) is 10.5 Å². The molecule has 0 saturated heterocycles. The van der Waals surface area contributed by atoms with Crippen LogP contribution in [0, 0.1) is 11.5 Å². The van der Waals surface area contributed by atoms with E-state index in [1.807, 2.05) is 30.2 Å². The van der Waals surface area contributed by atoms with Crippen LogP contribution in [0.25, 0.3) is 0 Å². The highest BCUT2D eigenvalue weighted by molar-refractivity contribution is 7.90. The minimum absolute atomic E-state index is 0.00806. The molecule has 2 aromatic carbocycles. The number of aliphatic hydroxyl groups excluding tert-OH is 2. The zero-order chi connectivity index (χ0) is 44.8. The number of carbonyl (C=O) groups is 1. The summed E-state index contributed by atoms with van der Waals surface area (Å²) in [7, 11) is -0.933. The van der Waals surface area contributed by atoms with Crippen LogP contribution in [-0.2, 0) is 98.6 Å². The van der Waals surface area contributed by atoms with Gasteiger partial charge < -0.3 is 20.3 Å². The predicted molar refractivity (Wildman–Crippen MR) is 231 cm³/mol. The Morgan fingerprint density at radius 1 is 0.742 bits per heavy atom. The molecule has 0 atom stereocenters. The Bertz CT molecular complexity index is 2480. The minimum Gasteiger partial charge on any atom is -0.395 e. The smallest absolute Gasteiger partial charge is 0.333 e. The number of nitrogens with two attached hydrogens (primary N) is 1. The summed E-state index contributed by atoms with van der Waals surface area (Å²) in [6, 6.07) is 6.71. The van der Waals surface area contributed by atoms with E-state index in [2.05, 4.69) is 32.4 Å². The summed E-state index contributed by atoms with van der Waals surface area (Å²) in [5.41, 5.74) is 12.4. The van der Waals surface area contributed by atoms with E-state index in [1.165, 1.54) is 67.7 Å². The molecule has 2 aromatic heterocycles. The van der Waals surface area contributed by atoms with E-state index >= 15 is 0 Å². The number of sulfonamides is 2. The summed E-state index contributed by atoms with van der Waals surface area (Å²) < 4.78 is 57.9. The molecule has 4 aliphatic rings. The Kier molecular flexibility index (Phi) is 15.1. The number of carbonyl (C=O) groups excluding carboxylic acids is 1. The summed E-state index contributed by atoms with van der Waals surface area (Å²) in [5.74, 6) is 0.903. The quantitative estimate of drug-likeness (QED) is 0.121. The van der Waals surface area contributed by atoms with Gasteiger partial charge in [0, 0.05) is 58.1 Å². The first-order chi connectivity index (χ1) is 29.5. The molecular weight excluding hydrogens is 837 g/mol. The Morgan fingerprint density at radius 2 is 1.16 bits per heavy atom. The number of nitriles is 1. The van der Waals surface area contributed by atoms with Crippen molar-refractivity contribution < 1.29 is 36.6 Å². The maximum atomic E-state index is 12.8. The van der Waals surface area contributed by atoms with E-state index in [0.717, 1.165) is 92.5 Å². The molecule has 0 bridgehead atoms. The number of fused-ring (bicyclic) bond motifs is 4. The van der Waals surface area contributed by atoms with Crippen molar-refractivity contribution in [2.75, 3.05) is 45.7 Å². The number of hydrogen-bond donors (Lipinski definition) is 5. The van der Waals surface area contributed by atoms with E-state index < -0.39 is 26.1 Å². The number of aliphatic hydroxyl groups is 2. The fourth-order valence-electron chi connectivity index (χ4n) is 8.79. The lowest BCUT2D eigenvalue weighted by atomic mass is 9.99. The number of aryl methyl sites for hydroxylation is 6. The molecule has 62 heavy (non-hydrogen) atoms. The predicted octanol–water partition coefficient (Wildman–Crippen LogP) is 2.35. The lowest BCUT2D eigenvalue weighted by Gasteiger charge is -2.16. The molecule has 0 spiro atoms. The van der Waals surface area contributed by atoms with E-state index in [4.69, 9.17) is 25.4 Å². The molecule has 4 aromatic rings. The third-order valence-electron chi connectivity index (χ3n) is 11.8. The largest absolute Gasteiger partial charge is 0.395 e. The fourth-order valence-corrected chi connectivity index (χ4v) is 10.2. The lowest BCUT2D eigenvalue weighted by molar-refractivity contribution is 0.214. The van der Waals surface area contributed by atoms with Crippen LogP contribution in [0.5, 0.6) is 5.75 Å². The number of ether oxygens (including phenoxy) is 1. The number of likely N-dealkylation sites (N-methyl/N-ethyl adjacent to an activating group) is 2. The SMILES string of the molecule is CN(CCO)Cc1cc(S(=O)(=O)NC(=O)Nc2c3c(cc4c2CCC4)CCC3)nn1C.CN(CCO)Cc1cc(S(N)(=O)=O)nn1C.N#COc1c2c(cc3c1CCC3)CCC2. The van der Waals surface area contributed by atoms with E-state index in [1.54, 1.807) is 14.1 Å². The number of nitrogens with one attached hydrogen (secondary N) is 2. The second kappa shape index (κ2) is 20.1. The molecule has 0 unspecified atom stereocenters.